The third kappa shape index (κ3) is 4.36. The maximum absolute atomic E-state index is 13.3. The molecule has 0 bridgehead atoms. The first-order valence-electron chi connectivity index (χ1n) is 8.82. The van der Waals surface area contributed by atoms with Gasteiger partial charge in [-0.3, -0.25) is 9.48 Å². The highest BCUT2D eigenvalue weighted by Crippen LogP contribution is 2.30. The average molecular weight is 453 g/mol. The van der Waals surface area contributed by atoms with E-state index in [1.165, 1.54) is 48.3 Å². The predicted molar refractivity (Wildman–Crippen MR) is 103 cm³/mol. The third-order valence-corrected chi connectivity index (χ3v) is 4.67. The maximum Gasteiger partial charge on any atom is 0.433 e. The molecule has 3 heterocycles. The van der Waals surface area contributed by atoms with Gasteiger partial charge in [0.05, 0.1) is 18.4 Å². The van der Waals surface area contributed by atoms with E-state index in [4.69, 9.17) is 11.6 Å². The van der Waals surface area contributed by atoms with Crippen molar-refractivity contribution >= 4 is 28.8 Å². The number of amides is 1. The molecule has 7 nitrogen and oxygen atoms in total. The van der Waals surface area contributed by atoms with Crippen molar-refractivity contribution in [2.45, 2.75) is 19.6 Å². The number of carbonyl (C=O) groups is 1. The quantitative estimate of drug-likeness (QED) is 0.467. The molecule has 0 saturated heterocycles. The molecule has 1 amide bonds. The summed E-state index contributed by atoms with van der Waals surface area (Å²) >= 11 is 6.00. The molecule has 12 heteroatoms. The second kappa shape index (κ2) is 7.65. The molecular weight excluding hydrogens is 440 g/mol. The molecule has 0 radical (unpaired) electrons. The summed E-state index contributed by atoms with van der Waals surface area (Å²) in [5.74, 6) is -1.19. The van der Waals surface area contributed by atoms with Crippen LogP contribution in [0.5, 0.6) is 0 Å². The first-order valence-corrected chi connectivity index (χ1v) is 9.20. The third-order valence-electron chi connectivity index (χ3n) is 4.32. The van der Waals surface area contributed by atoms with Crippen LogP contribution in [0.3, 0.4) is 0 Å². The van der Waals surface area contributed by atoms with Crippen LogP contribution in [0.2, 0.25) is 5.02 Å². The lowest BCUT2D eigenvalue weighted by molar-refractivity contribution is -0.142. The summed E-state index contributed by atoms with van der Waals surface area (Å²) in [6.45, 7) is 1.64. The average Bonchev–Trinajstić information content (AvgIpc) is 3.29. The van der Waals surface area contributed by atoms with E-state index < -0.39 is 23.6 Å². The van der Waals surface area contributed by atoms with Crippen molar-refractivity contribution in [3.63, 3.8) is 0 Å². The number of alkyl halides is 3. The van der Waals surface area contributed by atoms with Gasteiger partial charge < -0.3 is 5.32 Å². The van der Waals surface area contributed by atoms with Gasteiger partial charge in [0, 0.05) is 23.0 Å². The number of rotatable bonds is 4. The minimum atomic E-state index is -4.66. The van der Waals surface area contributed by atoms with Crippen LogP contribution in [-0.2, 0) is 12.7 Å². The smallest absolute Gasteiger partial charge is 0.318 e. The highest BCUT2D eigenvalue weighted by atomic mass is 35.5. The highest BCUT2D eigenvalue weighted by molar-refractivity contribution is 6.31. The number of nitrogens with zero attached hydrogens (tertiary/aromatic N) is 5. The predicted octanol–water partition coefficient (Wildman–Crippen LogP) is 4.35. The molecule has 1 aromatic carbocycles. The Morgan fingerprint density at radius 1 is 1.23 bits per heavy atom. The Balaban J connectivity index is 1.54. The van der Waals surface area contributed by atoms with Crippen molar-refractivity contribution in [1.29, 1.82) is 0 Å². The first kappa shape index (κ1) is 20.8. The summed E-state index contributed by atoms with van der Waals surface area (Å²) in [7, 11) is 0. The molecule has 0 aliphatic heterocycles. The Labute approximate surface area is 177 Å². The number of hydrogen-bond acceptors (Lipinski definition) is 4. The van der Waals surface area contributed by atoms with Crippen LogP contribution >= 0.6 is 11.6 Å². The Morgan fingerprint density at radius 3 is 2.71 bits per heavy atom. The minimum Gasteiger partial charge on any atom is -0.318 e. The summed E-state index contributed by atoms with van der Waals surface area (Å²) in [4.78, 5) is 16.5. The van der Waals surface area contributed by atoms with Crippen molar-refractivity contribution in [2.24, 2.45) is 0 Å². The lowest BCUT2D eigenvalue weighted by atomic mass is 10.2. The van der Waals surface area contributed by atoms with Crippen LogP contribution < -0.4 is 5.32 Å². The van der Waals surface area contributed by atoms with Crippen LogP contribution in [0.4, 0.5) is 23.2 Å². The molecule has 0 saturated carbocycles. The molecule has 0 aliphatic carbocycles. The first-order chi connectivity index (χ1) is 14.6. The minimum absolute atomic E-state index is 0.0980. The normalized spacial score (nSPS) is 11.8. The highest BCUT2D eigenvalue weighted by Gasteiger charge is 2.35. The van der Waals surface area contributed by atoms with Crippen molar-refractivity contribution in [3.8, 4) is 0 Å². The molecular formula is C19H13ClF4N6O. The van der Waals surface area contributed by atoms with Crippen molar-refractivity contribution < 1.29 is 22.4 Å². The number of carbonyl (C=O) groups excluding carboxylic acids is 1. The fraction of sp³-hybridized carbons (Fsp3) is 0.158. The summed E-state index contributed by atoms with van der Waals surface area (Å²) < 4.78 is 55.0. The molecule has 3 aromatic heterocycles. The van der Waals surface area contributed by atoms with Gasteiger partial charge in [-0.05, 0) is 30.7 Å². The van der Waals surface area contributed by atoms with Crippen LogP contribution in [-0.4, -0.2) is 30.3 Å². The topological polar surface area (TPSA) is 77.1 Å². The molecule has 4 rings (SSSR count). The van der Waals surface area contributed by atoms with Gasteiger partial charge in [-0.15, -0.1) is 0 Å². The second-order valence-electron chi connectivity index (χ2n) is 6.70. The molecule has 1 N–H and O–H groups in total. The van der Waals surface area contributed by atoms with Crippen LogP contribution in [0.15, 0.2) is 42.7 Å². The van der Waals surface area contributed by atoms with E-state index in [9.17, 15) is 22.4 Å². The van der Waals surface area contributed by atoms with Crippen LogP contribution in [0.25, 0.3) is 5.65 Å². The number of anilines is 1. The lowest BCUT2D eigenvalue weighted by Crippen LogP contribution is -2.15. The molecule has 0 unspecified atom stereocenters. The summed E-state index contributed by atoms with van der Waals surface area (Å²) in [5.41, 5.74) is -0.312. The van der Waals surface area contributed by atoms with Crippen LogP contribution in [0, 0.1) is 12.7 Å². The zero-order valence-electron chi connectivity index (χ0n) is 15.8. The maximum atomic E-state index is 13.3. The fourth-order valence-corrected chi connectivity index (χ4v) is 3.17. The summed E-state index contributed by atoms with van der Waals surface area (Å²) in [5, 5.41) is 10.6. The number of benzene rings is 1. The second-order valence-corrected chi connectivity index (χ2v) is 7.10. The van der Waals surface area contributed by atoms with Gasteiger partial charge in [-0.2, -0.15) is 23.4 Å². The van der Waals surface area contributed by atoms with Gasteiger partial charge in [0.2, 0.25) is 0 Å². The Bertz CT molecular complexity index is 1300. The Kier molecular flexibility index (Phi) is 5.13. The largest absolute Gasteiger partial charge is 0.433 e. The molecule has 31 heavy (non-hydrogen) atoms. The van der Waals surface area contributed by atoms with Crippen LogP contribution in [0.1, 0.15) is 27.4 Å². The molecule has 0 spiro atoms. The van der Waals surface area contributed by atoms with Gasteiger partial charge >= 0.3 is 6.18 Å². The van der Waals surface area contributed by atoms with E-state index in [2.05, 4.69) is 20.5 Å². The van der Waals surface area contributed by atoms with E-state index in [0.717, 1.165) is 6.07 Å². The number of nitrogens with one attached hydrogen (secondary N) is 1. The Hall–Kier alpha value is -3.47. The van der Waals surface area contributed by atoms with E-state index in [1.54, 1.807) is 0 Å². The van der Waals surface area contributed by atoms with Gasteiger partial charge in [-0.1, -0.05) is 17.7 Å². The number of halogens is 5. The molecule has 160 valence electrons. The lowest BCUT2D eigenvalue weighted by Gasteiger charge is -2.09. The standard InChI is InChI=1S/C19H13ClF4N6O/c1-10-4-16(19(22,23)24)30-17(26-10)6-15(28-30)18(31)27-13-7-25-29(9-13)8-11-2-3-12(21)5-14(11)20/h2-7,9H,8H2,1H3,(H,27,31). The van der Waals surface area contributed by atoms with E-state index in [0.29, 0.717) is 15.8 Å². The number of aryl methyl sites for hydroxylation is 1. The molecule has 4 aromatic rings. The monoisotopic (exact) mass is 452 g/mol. The van der Waals surface area contributed by atoms with Gasteiger partial charge in [0.1, 0.15) is 11.5 Å². The zero-order valence-corrected chi connectivity index (χ0v) is 16.5. The molecule has 0 atom stereocenters. The van der Waals surface area contributed by atoms with Crippen molar-refractivity contribution in [3.05, 3.63) is 76.2 Å². The molecule has 0 fully saturated rings. The van der Waals surface area contributed by atoms with Crippen molar-refractivity contribution in [2.75, 3.05) is 5.32 Å². The van der Waals surface area contributed by atoms with E-state index in [-0.39, 0.29) is 28.6 Å². The number of aromatic nitrogens is 5. The van der Waals surface area contributed by atoms with Gasteiger partial charge in [-0.25, -0.2) is 13.9 Å². The van der Waals surface area contributed by atoms with E-state index >= 15 is 0 Å². The van der Waals surface area contributed by atoms with Gasteiger partial charge in [0.25, 0.3) is 5.91 Å². The fourth-order valence-electron chi connectivity index (χ4n) is 2.95. The number of hydrogen-bond donors (Lipinski definition) is 1. The van der Waals surface area contributed by atoms with E-state index in [1.807, 2.05) is 0 Å². The zero-order chi connectivity index (χ0) is 22.3. The summed E-state index contributed by atoms with van der Waals surface area (Å²) in [6, 6.07) is 5.98. The SMILES string of the molecule is Cc1cc(C(F)(F)F)n2nc(C(=O)Nc3cnn(Cc4ccc(F)cc4Cl)c3)cc2n1. The Morgan fingerprint density at radius 2 is 2.00 bits per heavy atom. The number of fused-ring (bicyclic) bond motifs is 1. The summed E-state index contributed by atoms with van der Waals surface area (Å²) in [6.07, 6.45) is -1.81. The van der Waals surface area contributed by atoms with Gasteiger partial charge in [0.15, 0.2) is 11.3 Å². The van der Waals surface area contributed by atoms with Crippen molar-refractivity contribution in [1.82, 2.24) is 24.4 Å². The molecule has 0 aliphatic rings.